The van der Waals surface area contributed by atoms with Crippen LogP contribution in [0.25, 0.3) is 0 Å². The molecule has 0 unspecified atom stereocenters. The smallest absolute Gasteiger partial charge is 0.118 e. The van der Waals surface area contributed by atoms with Crippen LogP contribution in [0.4, 0.5) is 0 Å². The highest BCUT2D eigenvalue weighted by Crippen LogP contribution is 2.48. The largest absolute Gasteiger partial charge is 0.497 e. The molecule has 1 saturated carbocycles. The summed E-state index contributed by atoms with van der Waals surface area (Å²) < 4.78 is 5.24. The van der Waals surface area contributed by atoms with Crippen LogP contribution in [-0.2, 0) is 5.41 Å². The van der Waals surface area contributed by atoms with E-state index in [9.17, 15) is 0 Å². The number of nitrogens with one attached hydrogen (secondary N) is 1. The molecule has 2 rings (SSSR count). The van der Waals surface area contributed by atoms with Gasteiger partial charge in [0.1, 0.15) is 5.75 Å². The van der Waals surface area contributed by atoms with E-state index in [2.05, 4.69) is 43.4 Å². The fourth-order valence-corrected chi connectivity index (χ4v) is 3.13. The third kappa shape index (κ3) is 2.54. The fraction of sp³-hybridized carbons (Fsp3) is 0.625. The molecular weight excluding hydrogens is 222 g/mol. The molecule has 0 aliphatic heterocycles. The Morgan fingerprint density at radius 1 is 1.22 bits per heavy atom. The van der Waals surface area contributed by atoms with Gasteiger partial charge in [0.25, 0.3) is 0 Å². The summed E-state index contributed by atoms with van der Waals surface area (Å²) in [6, 6.07) is 8.65. The number of methoxy groups -OCH3 is 1. The van der Waals surface area contributed by atoms with Gasteiger partial charge in [0.15, 0.2) is 0 Å². The first-order valence-corrected chi connectivity index (χ1v) is 7.09. The lowest BCUT2D eigenvalue weighted by Gasteiger charge is -2.48. The molecule has 1 aromatic rings. The van der Waals surface area contributed by atoms with Gasteiger partial charge >= 0.3 is 0 Å². The zero-order chi connectivity index (χ0) is 13.0. The maximum Gasteiger partial charge on any atom is 0.118 e. The molecule has 0 amide bonds. The van der Waals surface area contributed by atoms with Crippen LogP contribution in [-0.4, -0.2) is 20.2 Å². The van der Waals surface area contributed by atoms with Gasteiger partial charge in [-0.25, -0.2) is 0 Å². The van der Waals surface area contributed by atoms with Crippen molar-refractivity contribution in [2.45, 2.75) is 38.5 Å². The van der Waals surface area contributed by atoms with E-state index in [1.54, 1.807) is 7.11 Å². The second-order valence-electron chi connectivity index (χ2n) is 5.47. The molecule has 1 N–H and O–H groups in total. The van der Waals surface area contributed by atoms with Crippen molar-refractivity contribution >= 4 is 0 Å². The first-order chi connectivity index (χ1) is 8.74. The molecule has 0 bridgehead atoms. The fourth-order valence-electron chi connectivity index (χ4n) is 3.13. The Hall–Kier alpha value is -1.02. The minimum atomic E-state index is 0.364. The van der Waals surface area contributed by atoms with Crippen LogP contribution in [0.1, 0.15) is 38.7 Å². The lowest BCUT2D eigenvalue weighted by atomic mass is 9.58. The summed E-state index contributed by atoms with van der Waals surface area (Å²) in [6.45, 7) is 6.63. The number of likely N-dealkylation sites (N-methyl/N-ethyl adjacent to an activating group) is 1. The standard InChI is InChI=1S/C16H25NO/c1-4-13-10-16(11-13,12-17-5-2)14-6-8-15(18-3)9-7-14/h6-9,13,17H,4-5,10-12H2,1-3H3. The summed E-state index contributed by atoms with van der Waals surface area (Å²) in [5, 5.41) is 3.53. The second-order valence-corrected chi connectivity index (χ2v) is 5.47. The summed E-state index contributed by atoms with van der Waals surface area (Å²) in [5.41, 5.74) is 1.83. The number of hydrogen-bond donors (Lipinski definition) is 1. The van der Waals surface area contributed by atoms with Crippen LogP contribution < -0.4 is 10.1 Å². The molecule has 2 nitrogen and oxygen atoms in total. The molecule has 0 heterocycles. The van der Waals surface area contributed by atoms with Gasteiger partial charge in [0.05, 0.1) is 7.11 Å². The van der Waals surface area contributed by atoms with Crippen molar-refractivity contribution < 1.29 is 4.74 Å². The number of rotatable bonds is 6. The van der Waals surface area contributed by atoms with E-state index in [1.165, 1.54) is 24.8 Å². The molecule has 0 aromatic heterocycles. The predicted octanol–water partition coefficient (Wildman–Crippen LogP) is 3.36. The Kier molecular flexibility index (Phi) is 4.28. The molecule has 1 aliphatic carbocycles. The van der Waals surface area contributed by atoms with Crippen LogP contribution in [0.2, 0.25) is 0 Å². The van der Waals surface area contributed by atoms with Gasteiger partial charge in [-0.3, -0.25) is 0 Å². The molecule has 1 fully saturated rings. The number of hydrogen-bond acceptors (Lipinski definition) is 2. The van der Waals surface area contributed by atoms with Crippen molar-refractivity contribution in [2.24, 2.45) is 5.92 Å². The van der Waals surface area contributed by atoms with Crippen LogP contribution in [0.15, 0.2) is 24.3 Å². The second kappa shape index (κ2) is 5.75. The molecule has 0 saturated heterocycles. The van der Waals surface area contributed by atoms with Crippen molar-refractivity contribution in [1.82, 2.24) is 5.32 Å². The molecule has 1 aliphatic rings. The van der Waals surface area contributed by atoms with Gasteiger partial charge in [0.2, 0.25) is 0 Å². The highest BCUT2D eigenvalue weighted by molar-refractivity contribution is 5.35. The topological polar surface area (TPSA) is 21.3 Å². The molecular formula is C16H25NO. The Balaban J connectivity index is 2.13. The highest BCUT2D eigenvalue weighted by Gasteiger charge is 2.43. The zero-order valence-corrected chi connectivity index (χ0v) is 11.8. The highest BCUT2D eigenvalue weighted by atomic mass is 16.5. The predicted molar refractivity (Wildman–Crippen MR) is 76.2 cm³/mol. The van der Waals surface area contributed by atoms with E-state index >= 15 is 0 Å². The molecule has 0 radical (unpaired) electrons. The van der Waals surface area contributed by atoms with E-state index in [0.717, 1.165) is 24.8 Å². The summed E-state index contributed by atoms with van der Waals surface area (Å²) in [5.74, 6) is 1.86. The molecule has 18 heavy (non-hydrogen) atoms. The molecule has 100 valence electrons. The normalized spacial score (nSPS) is 26.7. The first-order valence-electron chi connectivity index (χ1n) is 7.09. The Morgan fingerprint density at radius 3 is 2.39 bits per heavy atom. The molecule has 0 atom stereocenters. The zero-order valence-electron chi connectivity index (χ0n) is 11.8. The average molecular weight is 247 g/mol. The molecule has 0 spiro atoms. The summed E-state index contributed by atoms with van der Waals surface area (Å²) in [4.78, 5) is 0. The Labute approximate surface area is 111 Å². The van der Waals surface area contributed by atoms with Crippen molar-refractivity contribution in [3.05, 3.63) is 29.8 Å². The summed E-state index contributed by atoms with van der Waals surface area (Å²) in [6.07, 6.45) is 3.95. The monoisotopic (exact) mass is 247 g/mol. The minimum Gasteiger partial charge on any atom is -0.497 e. The average Bonchev–Trinajstić information content (AvgIpc) is 2.38. The van der Waals surface area contributed by atoms with Crippen molar-refractivity contribution in [1.29, 1.82) is 0 Å². The molecule has 2 heteroatoms. The van der Waals surface area contributed by atoms with Gasteiger partial charge in [-0.05, 0) is 43.0 Å². The summed E-state index contributed by atoms with van der Waals surface area (Å²) >= 11 is 0. The maximum absolute atomic E-state index is 5.24. The van der Waals surface area contributed by atoms with Gasteiger partial charge in [-0.2, -0.15) is 0 Å². The lowest BCUT2D eigenvalue weighted by molar-refractivity contribution is 0.134. The van der Waals surface area contributed by atoms with Crippen molar-refractivity contribution in [3.63, 3.8) is 0 Å². The van der Waals surface area contributed by atoms with Crippen molar-refractivity contribution in [3.8, 4) is 5.75 Å². The third-order valence-corrected chi connectivity index (χ3v) is 4.35. The Morgan fingerprint density at radius 2 is 1.89 bits per heavy atom. The van der Waals surface area contributed by atoms with Crippen LogP contribution >= 0.6 is 0 Å². The van der Waals surface area contributed by atoms with Crippen LogP contribution in [0.3, 0.4) is 0 Å². The maximum atomic E-state index is 5.24. The number of benzene rings is 1. The van der Waals surface area contributed by atoms with E-state index in [0.29, 0.717) is 5.41 Å². The van der Waals surface area contributed by atoms with Crippen LogP contribution in [0, 0.1) is 5.92 Å². The third-order valence-electron chi connectivity index (χ3n) is 4.35. The molecule has 1 aromatic carbocycles. The Bertz CT molecular complexity index is 360. The van der Waals surface area contributed by atoms with Crippen molar-refractivity contribution in [2.75, 3.05) is 20.2 Å². The number of ether oxygens (including phenoxy) is 1. The lowest BCUT2D eigenvalue weighted by Crippen LogP contribution is -2.48. The van der Waals surface area contributed by atoms with E-state index < -0.39 is 0 Å². The quantitative estimate of drug-likeness (QED) is 0.832. The van der Waals surface area contributed by atoms with E-state index in [-0.39, 0.29) is 0 Å². The minimum absolute atomic E-state index is 0.364. The summed E-state index contributed by atoms with van der Waals surface area (Å²) in [7, 11) is 1.72. The van der Waals surface area contributed by atoms with Gasteiger partial charge in [0, 0.05) is 12.0 Å². The van der Waals surface area contributed by atoms with Gasteiger partial charge in [-0.1, -0.05) is 32.4 Å². The van der Waals surface area contributed by atoms with Gasteiger partial charge < -0.3 is 10.1 Å². The SMILES string of the molecule is CCNCC1(c2ccc(OC)cc2)CC(CC)C1. The first kappa shape index (κ1) is 13.4. The van der Waals surface area contributed by atoms with Gasteiger partial charge in [-0.15, -0.1) is 0 Å². The van der Waals surface area contributed by atoms with E-state index in [4.69, 9.17) is 4.74 Å². The van der Waals surface area contributed by atoms with Crippen LogP contribution in [0.5, 0.6) is 5.75 Å². The van der Waals surface area contributed by atoms with E-state index in [1.807, 2.05) is 0 Å².